The zero-order valence-corrected chi connectivity index (χ0v) is 13.9. The van der Waals surface area contributed by atoms with Gasteiger partial charge in [-0.2, -0.15) is 0 Å². The van der Waals surface area contributed by atoms with E-state index in [0.717, 1.165) is 11.8 Å². The van der Waals surface area contributed by atoms with Crippen LogP contribution in [0.25, 0.3) is 0 Å². The fourth-order valence-corrected chi connectivity index (χ4v) is 4.99. The van der Waals surface area contributed by atoms with Crippen molar-refractivity contribution in [2.24, 2.45) is 29.6 Å². The highest BCUT2D eigenvalue weighted by molar-refractivity contribution is 5.97. The number of nitrogens with one attached hydrogen (secondary N) is 2. The van der Waals surface area contributed by atoms with Gasteiger partial charge >= 0.3 is 5.97 Å². The van der Waals surface area contributed by atoms with Gasteiger partial charge in [-0.15, -0.1) is 0 Å². The van der Waals surface area contributed by atoms with E-state index in [2.05, 4.69) is 10.6 Å². The van der Waals surface area contributed by atoms with Crippen LogP contribution in [0.5, 0.6) is 0 Å². The highest BCUT2D eigenvalue weighted by Gasteiger charge is 2.67. The molecule has 0 spiro atoms. The van der Waals surface area contributed by atoms with Crippen molar-refractivity contribution < 1.29 is 19.5 Å². The Labute approximate surface area is 146 Å². The molecule has 6 nitrogen and oxygen atoms in total. The Morgan fingerprint density at radius 2 is 1.68 bits per heavy atom. The number of carbonyl (C=O) groups excluding carboxylic acids is 2. The third-order valence-electron chi connectivity index (χ3n) is 6.08. The van der Waals surface area contributed by atoms with Gasteiger partial charge in [-0.1, -0.05) is 0 Å². The normalized spacial score (nSPS) is 31.3. The van der Waals surface area contributed by atoms with Gasteiger partial charge < -0.3 is 15.7 Å². The average molecular weight is 342 g/mol. The van der Waals surface area contributed by atoms with Gasteiger partial charge in [-0.25, -0.2) is 0 Å². The Kier molecular flexibility index (Phi) is 3.98. The first-order valence-electron chi connectivity index (χ1n) is 8.95. The number of benzene rings is 1. The van der Waals surface area contributed by atoms with Crippen LogP contribution in [-0.4, -0.2) is 29.4 Å². The maximum Gasteiger partial charge on any atom is 0.305 e. The Balaban J connectivity index is 1.30. The number of anilines is 1. The summed E-state index contributed by atoms with van der Waals surface area (Å²) in [6.45, 7) is 0.0967. The second-order valence-corrected chi connectivity index (χ2v) is 7.48. The number of carbonyl (C=O) groups is 3. The summed E-state index contributed by atoms with van der Waals surface area (Å²) >= 11 is 0. The van der Waals surface area contributed by atoms with Gasteiger partial charge in [0.05, 0.1) is 6.42 Å². The molecule has 25 heavy (non-hydrogen) atoms. The van der Waals surface area contributed by atoms with Crippen LogP contribution in [0.4, 0.5) is 5.69 Å². The molecule has 0 heterocycles. The van der Waals surface area contributed by atoms with Crippen molar-refractivity contribution in [2.75, 3.05) is 11.9 Å². The summed E-state index contributed by atoms with van der Waals surface area (Å²) in [6, 6.07) is 6.72. The largest absolute Gasteiger partial charge is 0.481 e. The molecule has 0 radical (unpaired) electrons. The van der Waals surface area contributed by atoms with Crippen molar-refractivity contribution in [3.63, 3.8) is 0 Å². The quantitative estimate of drug-likeness (QED) is 0.738. The van der Waals surface area contributed by atoms with Gasteiger partial charge in [0.1, 0.15) is 0 Å². The Morgan fingerprint density at radius 3 is 2.28 bits per heavy atom. The number of amides is 2. The molecule has 2 bridgehead atoms. The van der Waals surface area contributed by atoms with E-state index < -0.39 is 5.97 Å². The summed E-state index contributed by atoms with van der Waals surface area (Å²) in [5.41, 5.74) is 1.15. The zero-order chi connectivity index (χ0) is 17.6. The predicted octanol–water partition coefficient (Wildman–Crippen LogP) is 2.12. The van der Waals surface area contributed by atoms with E-state index in [1.807, 2.05) is 0 Å². The van der Waals surface area contributed by atoms with Crippen molar-refractivity contribution in [1.82, 2.24) is 5.32 Å². The summed E-state index contributed by atoms with van der Waals surface area (Å²) in [5, 5.41) is 14.1. The molecule has 0 saturated heterocycles. The van der Waals surface area contributed by atoms with Gasteiger partial charge in [0.2, 0.25) is 5.91 Å². The Bertz CT molecular complexity index is 699. The van der Waals surface area contributed by atoms with Crippen molar-refractivity contribution in [1.29, 1.82) is 0 Å². The second kappa shape index (κ2) is 6.17. The first kappa shape index (κ1) is 16.1. The Morgan fingerprint density at radius 1 is 1.04 bits per heavy atom. The monoisotopic (exact) mass is 342 g/mol. The van der Waals surface area contributed by atoms with Crippen LogP contribution >= 0.6 is 0 Å². The van der Waals surface area contributed by atoms with Crippen LogP contribution in [0.1, 0.15) is 36.0 Å². The van der Waals surface area contributed by atoms with Gasteiger partial charge in [0.15, 0.2) is 0 Å². The van der Waals surface area contributed by atoms with E-state index in [-0.39, 0.29) is 30.7 Å². The smallest absolute Gasteiger partial charge is 0.305 e. The third-order valence-corrected chi connectivity index (χ3v) is 6.08. The number of rotatable bonds is 6. The van der Waals surface area contributed by atoms with Crippen LogP contribution in [0, 0.1) is 29.6 Å². The number of fused-ring (bicyclic) bond motifs is 5. The standard InChI is InChI=1S/C19H22N2O4/c22-14(23)7-8-20-18(24)10-3-5-13(6-4-10)21-19(25)17-15-11-1-2-12(9-11)16(15)17/h3-6,11-12,15-17H,1-2,7-9H2,(H,20,24)(H,21,25)(H,22,23). The highest BCUT2D eigenvalue weighted by atomic mass is 16.4. The molecule has 4 unspecified atom stereocenters. The van der Waals surface area contributed by atoms with Crippen LogP contribution in [0.2, 0.25) is 0 Å². The molecule has 3 fully saturated rings. The van der Waals surface area contributed by atoms with Crippen LogP contribution in [0.15, 0.2) is 24.3 Å². The number of hydrogen-bond donors (Lipinski definition) is 3. The maximum atomic E-state index is 12.5. The molecule has 6 heteroatoms. The summed E-state index contributed by atoms with van der Waals surface area (Å²) in [5.74, 6) is 1.79. The van der Waals surface area contributed by atoms with Gasteiger partial charge in [0, 0.05) is 23.7 Å². The molecule has 1 aromatic carbocycles. The van der Waals surface area contributed by atoms with E-state index in [4.69, 9.17) is 5.11 Å². The van der Waals surface area contributed by atoms with Gasteiger partial charge in [-0.3, -0.25) is 14.4 Å². The van der Waals surface area contributed by atoms with Crippen molar-refractivity contribution in [3.05, 3.63) is 29.8 Å². The number of aliphatic carboxylic acids is 1. The fraction of sp³-hybridized carbons (Fsp3) is 0.526. The molecule has 0 aromatic heterocycles. The minimum Gasteiger partial charge on any atom is -0.481 e. The average Bonchev–Trinajstić information content (AvgIpc) is 3.03. The number of hydrogen-bond acceptors (Lipinski definition) is 3. The molecule has 3 aliphatic carbocycles. The van der Waals surface area contributed by atoms with Gasteiger partial charge in [-0.05, 0) is 67.2 Å². The lowest BCUT2D eigenvalue weighted by atomic mass is 10.0. The molecular weight excluding hydrogens is 320 g/mol. The van der Waals surface area contributed by atoms with E-state index >= 15 is 0 Å². The molecule has 4 atom stereocenters. The van der Waals surface area contributed by atoms with Crippen LogP contribution in [0.3, 0.4) is 0 Å². The minimum absolute atomic E-state index is 0.0967. The zero-order valence-electron chi connectivity index (χ0n) is 13.9. The molecule has 3 aliphatic rings. The lowest BCUT2D eigenvalue weighted by Gasteiger charge is -2.10. The van der Waals surface area contributed by atoms with E-state index in [1.165, 1.54) is 19.3 Å². The predicted molar refractivity (Wildman–Crippen MR) is 91.0 cm³/mol. The topological polar surface area (TPSA) is 95.5 Å². The van der Waals surface area contributed by atoms with E-state index in [1.54, 1.807) is 24.3 Å². The molecule has 0 aliphatic heterocycles. The van der Waals surface area contributed by atoms with E-state index in [0.29, 0.717) is 23.1 Å². The molecule has 4 rings (SSSR count). The second-order valence-electron chi connectivity index (χ2n) is 7.48. The highest BCUT2D eigenvalue weighted by Crippen LogP contribution is 2.69. The number of carboxylic acid groups (broad SMARTS) is 1. The summed E-state index contributed by atoms with van der Waals surface area (Å²) in [7, 11) is 0. The first-order valence-corrected chi connectivity index (χ1v) is 8.95. The lowest BCUT2D eigenvalue weighted by Crippen LogP contribution is -2.26. The number of carboxylic acids is 1. The van der Waals surface area contributed by atoms with Crippen molar-refractivity contribution in [2.45, 2.75) is 25.7 Å². The van der Waals surface area contributed by atoms with Crippen LogP contribution < -0.4 is 10.6 Å². The van der Waals surface area contributed by atoms with Crippen molar-refractivity contribution in [3.8, 4) is 0 Å². The summed E-state index contributed by atoms with van der Waals surface area (Å²) < 4.78 is 0. The molecule has 2 amide bonds. The third kappa shape index (κ3) is 3.01. The maximum absolute atomic E-state index is 12.5. The van der Waals surface area contributed by atoms with Crippen molar-refractivity contribution >= 4 is 23.5 Å². The SMILES string of the molecule is O=C(O)CCNC(=O)c1ccc(NC(=O)C2C3C4CCC(C4)C23)cc1. The van der Waals surface area contributed by atoms with E-state index in [9.17, 15) is 14.4 Å². The molecular formula is C19H22N2O4. The Hall–Kier alpha value is -2.37. The fourth-order valence-electron chi connectivity index (χ4n) is 4.99. The lowest BCUT2D eigenvalue weighted by molar-refractivity contribution is -0.136. The molecule has 3 N–H and O–H groups in total. The summed E-state index contributed by atoms with van der Waals surface area (Å²) in [4.78, 5) is 34.8. The molecule has 132 valence electrons. The first-order chi connectivity index (χ1) is 12.0. The summed E-state index contributed by atoms with van der Waals surface area (Å²) in [6.07, 6.45) is 3.80. The van der Waals surface area contributed by atoms with Crippen LogP contribution in [-0.2, 0) is 9.59 Å². The molecule has 3 saturated carbocycles. The minimum atomic E-state index is -0.948. The molecule has 1 aromatic rings. The van der Waals surface area contributed by atoms with Gasteiger partial charge in [0.25, 0.3) is 5.91 Å².